The standard InChI is InChI=1S/C12H20N2O2/c1-4-10(2)8-14(3)12(15)6-5-11-7-13-9-16-11/h7,9-10H,4-6,8H2,1-3H3. The molecule has 0 saturated heterocycles. The summed E-state index contributed by atoms with van der Waals surface area (Å²) < 4.78 is 5.08. The Kier molecular flexibility index (Phi) is 5.02. The Bertz CT molecular complexity index is 309. The molecule has 0 saturated carbocycles. The molecule has 1 aromatic heterocycles. The molecule has 1 heterocycles. The molecule has 0 fully saturated rings. The van der Waals surface area contributed by atoms with Crippen LogP contribution in [0.5, 0.6) is 0 Å². The highest BCUT2D eigenvalue weighted by Crippen LogP contribution is 2.06. The first-order chi connectivity index (χ1) is 7.63. The predicted octanol–water partition coefficient (Wildman–Crippen LogP) is 2.11. The van der Waals surface area contributed by atoms with E-state index >= 15 is 0 Å². The number of carbonyl (C=O) groups excluding carboxylic acids is 1. The summed E-state index contributed by atoms with van der Waals surface area (Å²) in [7, 11) is 1.86. The van der Waals surface area contributed by atoms with Crippen molar-refractivity contribution < 1.29 is 9.21 Å². The van der Waals surface area contributed by atoms with Crippen molar-refractivity contribution in [3.05, 3.63) is 18.4 Å². The molecule has 0 aliphatic carbocycles. The number of carbonyl (C=O) groups is 1. The van der Waals surface area contributed by atoms with Gasteiger partial charge in [0, 0.05) is 26.4 Å². The summed E-state index contributed by atoms with van der Waals surface area (Å²) in [6.45, 7) is 5.11. The van der Waals surface area contributed by atoms with Crippen LogP contribution in [0.2, 0.25) is 0 Å². The number of nitrogens with zero attached hydrogens (tertiary/aromatic N) is 2. The van der Waals surface area contributed by atoms with E-state index in [1.807, 2.05) is 7.05 Å². The molecule has 0 aliphatic rings. The van der Waals surface area contributed by atoms with Crippen molar-refractivity contribution in [2.75, 3.05) is 13.6 Å². The molecule has 0 bridgehead atoms. The zero-order valence-corrected chi connectivity index (χ0v) is 10.3. The smallest absolute Gasteiger partial charge is 0.222 e. The van der Waals surface area contributed by atoms with E-state index in [9.17, 15) is 4.79 Å². The van der Waals surface area contributed by atoms with Gasteiger partial charge in [-0.25, -0.2) is 4.98 Å². The Morgan fingerprint density at radius 2 is 2.38 bits per heavy atom. The van der Waals surface area contributed by atoms with Gasteiger partial charge in [-0.1, -0.05) is 20.3 Å². The van der Waals surface area contributed by atoms with Crippen LogP contribution in [0, 0.1) is 5.92 Å². The minimum Gasteiger partial charge on any atom is -0.449 e. The van der Waals surface area contributed by atoms with Crippen molar-refractivity contribution in [1.29, 1.82) is 0 Å². The van der Waals surface area contributed by atoms with Gasteiger partial charge >= 0.3 is 0 Å². The molecule has 0 aromatic carbocycles. The normalized spacial score (nSPS) is 12.4. The number of amides is 1. The van der Waals surface area contributed by atoms with Crippen molar-refractivity contribution >= 4 is 5.91 Å². The van der Waals surface area contributed by atoms with E-state index in [2.05, 4.69) is 18.8 Å². The third-order valence-corrected chi connectivity index (χ3v) is 2.78. The van der Waals surface area contributed by atoms with Gasteiger partial charge in [0.15, 0.2) is 6.39 Å². The Hall–Kier alpha value is -1.32. The summed E-state index contributed by atoms with van der Waals surface area (Å²) in [5, 5.41) is 0. The summed E-state index contributed by atoms with van der Waals surface area (Å²) in [6.07, 6.45) is 5.26. The van der Waals surface area contributed by atoms with Crippen molar-refractivity contribution in [1.82, 2.24) is 9.88 Å². The minimum absolute atomic E-state index is 0.164. The second-order valence-electron chi connectivity index (χ2n) is 4.26. The fourth-order valence-electron chi connectivity index (χ4n) is 1.49. The summed E-state index contributed by atoms with van der Waals surface area (Å²) in [5.74, 6) is 1.49. The number of rotatable bonds is 6. The predicted molar refractivity (Wildman–Crippen MR) is 61.9 cm³/mol. The van der Waals surface area contributed by atoms with Crippen LogP contribution in [0.3, 0.4) is 0 Å². The molecular weight excluding hydrogens is 204 g/mol. The van der Waals surface area contributed by atoms with Gasteiger partial charge in [-0.05, 0) is 5.92 Å². The van der Waals surface area contributed by atoms with Gasteiger partial charge in [-0.2, -0.15) is 0 Å². The first-order valence-corrected chi connectivity index (χ1v) is 5.74. The molecule has 0 N–H and O–H groups in total. The minimum atomic E-state index is 0.164. The molecule has 1 aromatic rings. The average Bonchev–Trinajstić information content (AvgIpc) is 2.78. The molecule has 1 unspecified atom stereocenters. The van der Waals surface area contributed by atoms with Gasteiger partial charge in [-0.15, -0.1) is 0 Å². The maximum absolute atomic E-state index is 11.8. The molecule has 1 rings (SSSR count). The Balaban J connectivity index is 2.29. The van der Waals surface area contributed by atoms with Gasteiger partial charge in [0.1, 0.15) is 5.76 Å². The molecular formula is C12H20N2O2. The first kappa shape index (κ1) is 12.7. The van der Waals surface area contributed by atoms with Crippen LogP contribution >= 0.6 is 0 Å². The fraction of sp³-hybridized carbons (Fsp3) is 0.667. The molecule has 0 aliphatic heterocycles. The highest BCUT2D eigenvalue weighted by molar-refractivity contribution is 5.76. The molecule has 4 nitrogen and oxygen atoms in total. The Morgan fingerprint density at radius 1 is 1.62 bits per heavy atom. The SMILES string of the molecule is CCC(C)CN(C)C(=O)CCc1cnco1. The number of aromatic nitrogens is 1. The molecule has 90 valence electrons. The molecule has 4 heteroatoms. The zero-order chi connectivity index (χ0) is 12.0. The lowest BCUT2D eigenvalue weighted by Crippen LogP contribution is -2.30. The van der Waals surface area contributed by atoms with E-state index in [-0.39, 0.29) is 5.91 Å². The van der Waals surface area contributed by atoms with Crippen LogP contribution in [0.4, 0.5) is 0 Å². The summed E-state index contributed by atoms with van der Waals surface area (Å²) in [4.78, 5) is 17.4. The monoisotopic (exact) mass is 224 g/mol. The van der Waals surface area contributed by atoms with Crippen molar-refractivity contribution in [3.8, 4) is 0 Å². The second-order valence-corrected chi connectivity index (χ2v) is 4.26. The van der Waals surface area contributed by atoms with Crippen molar-refractivity contribution in [3.63, 3.8) is 0 Å². The zero-order valence-electron chi connectivity index (χ0n) is 10.3. The quantitative estimate of drug-likeness (QED) is 0.743. The molecule has 1 amide bonds. The number of oxazole rings is 1. The fourth-order valence-corrected chi connectivity index (χ4v) is 1.49. The number of aryl methyl sites for hydroxylation is 1. The summed E-state index contributed by atoms with van der Waals surface area (Å²) in [6, 6.07) is 0. The average molecular weight is 224 g/mol. The van der Waals surface area contributed by atoms with E-state index in [1.165, 1.54) is 6.39 Å². The first-order valence-electron chi connectivity index (χ1n) is 5.74. The largest absolute Gasteiger partial charge is 0.449 e. The van der Waals surface area contributed by atoms with Gasteiger partial charge in [-0.3, -0.25) is 4.79 Å². The van der Waals surface area contributed by atoms with E-state index in [4.69, 9.17) is 4.42 Å². The van der Waals surface area contributed by atoms with E-state index in [0.717, 1.165) is 18.7 Å². The lowest BCUT2D eigenvalue weighted by Gasteiger charge is -2.20. The second kappa shape index (κ2) is 6.30. The van der Waals surface area contributed by atoms with E-state index in [0.29, 0.717) is 18.8 Å². The van der Waals surface area contributed by atoms with Gasteiger partial charge < -0.3 is 9.32 Å². The lowest BCUT2D eigenvalue weighted by atomic mass is 10.1. The van der Waals surface area contributed by atoms with Gasteiger partial charge in [0.25, 0.3) is 0 Å². The van der Waals surface area contributed by atoms with Crippen LogP contribution in [-0.2, 0) is 11.2 Å². The van der Waals surface area contributed by atoms with E-state index in [1.54, 1.807) is 11.1 Å². The van der Waals surface area contributed by atoms with Crippen molar-refractivity contribution in [2.45, 2.75) is 33.1 Å². The third-order valence-electron chi connectivity index (χ3n) is 2.78. The Labute approximate surface area is 96.7 Å². The summed E-state index contributed by atoms with van der Waals surface area (Å²) >= 11 is 0. The highest BCUT2D eigenvalue weighted by atomic mass is 16.3. The van der Waals surface area contributed by atoms with Crippen molar-refractivity contribution in [2.24, 2.45) is 5.92 Å². The van der Waals surface area contributed by atoms with Crippen LogP contribution in [0.25, 0.3) is 0 Å². The van der Waals surface area contributed by atoms with Crippen LogP contribution in [0.15, 0.2) is 17.0 Å². The molecule has 0 radical (unpaired) electrons. The highest BCUT2D eigenvalue weighted by Gasteiger charge is 2.12. The number of hydrogen-bond donors (Lipinski definition) is 0. The van der Waals surface area contributed by atoms with Gasteiger partial charge in [0.2, 0.25) is 5.91 Å². The topological polar surface area (TPSA) is 46.3 Å². The molecule has 0 spiro atoms. The van der Waals surface area contributed by atoms with Crippen LogP contribution in [0.1, 0.15) is 32.4 Å². The van der Waals surface area contributed by atoms with Crippen LogP contribution < -0.4 is 0 Å². The maximum atomic E-state index is 11.8. The maximum Gasteiger partial charge on any atom is 0.222 e. The summed E-state index contributed by atoms with van der Waals surface area (Å²) in [5.41, 5.74) is 0. The van der Waals surface area contributed by atoms with Gasteiger partial charge in [0.05, 0.1) is 6.20 Å². The Morgan fingerprint density at radius 3 is 2.94 bits per heavy atom. The third kappa shape index (κ3) is 4.04. The van der Waals surface area contributed by atoms with E-state index < -0.39 is 0 Å². The number of hydrogen-bond acceptors (Lipinski definition) is 3. The molecule has 1 atom stereocenters. The van der Waals surface area contributed by atoms with Crippen LogP contribution in [-0.4, -0.2) is 29.4 Å². The molecule has 16 heavy (non-hydrogen) atoms. The lowest BCUT2D eigenvalue weighted by molar-refractivity contribution is -0.130.